The average Bonchev–Trinajstić information content (AvgIpc) is 2.56. The number of carbonyl (C=O) groups is 1. The molecule has 0 unspecified atom stereocenters. The third kappa shape index (κ3) is 5.11. The molecule has 128 valence electrons. The maximum Gasteiger partial charge on any atom is 0.338 e. The summed E-state index contributed by atoms with van der Waals surface area (Å²) in [7, 11) is 0. The van der Waals surface area contributed by atoms with Gasteiger partial charge >= 0.3 is 5.97 Å². The first-order valence-corrected chi connectivity index (χ1v) is 9.43. The normalized spacial score (nSPS) is 10.3. The monoisotopic (exact) mass is 504 g/mol. The van der Waals surface area contributed by atoms with E-state index in [0.29, 0.717) is 36.9 Å². The van der Waals surface area contributed by atoms with E-state index in [-0.39, 0.29) is 5.97 Å². The smallest absolute Gasteiger partial charge is 0.338 e. The van der Waals surface area contributed by atoms with Crippen molar-refractivity contribution in [2.75, 3.05) is 13.2 Å². The molecule has 2 aromatic rings. The molecule has 2 aromatic carbocycles. The van der Waals surface area contributed by atoms with Crippen molar-refractivity contribution in [3.8, 4) is 11.5 Å². The van der Waals surface area contributed by atoms with Gasteiger partial charge in [0.05, 0.1) is 22.3 Å². The van der Waals surface area contributed by atoms with Crippen LogP contribution in [-0.4, -0.2) is 19.2 Å². The van der Waals surface area contributed by atoms with Crippen LogP contribution in [-0.2, 0) is 11.3 Å². The lowest BCUT2D eigenvalue weighted by molar-refractivity contribution is 0.0525. The Morgan fingerprint density at radius 3 is 2.42 bits per heavy atom. The van der Waals surface area contributed by atoms with Gasteiger partial charge in [0, 0.05) is 4.47 Å². The number of esters is 1. The quantitative estimate of drug-likeness (QED) is 0.383. The van der Waals surface area contributed by atoms with Crippen molar-refractivity contribution in [1.82, 2.24) is 0 Å². The van der Waals surface area contributed by atoms with Crippen LogP contribution < -0.4 is 9.47 Å². The standard InChI is InChI=1S/C18H18BrIO4/c1-3-22-16-10-13(18(21)23-4-2)9-15(20)17(16)24-11-12-5-7-14(19)8-6-12/h5-10H,3-4,11H2,1-2H3. The highest BCUT2D eigenvalue weighted by Crippen LogP contribution is 2.35. The summed E-state index contributed by atoms with van der Waals surface area (Å²) in [4.78, 5) is 11.9. The first-order valence-electron chi connectivity index (χ1n) is 7.55. The number of benzene rings is 2. The summed E-state index contributed by atoms with van der Waals surface area (Å²) in [6.45, 7) is 4.91. The van der Waals surface area contributed by atoms with Crippen LogP contribution in [0, 0.1) is 3.57 Å². The van der Waals surface area contributed by atoms with E-state index in [2.05, 4.69) is 38.5 Å². The Morgan fingerprint density at radius 1 is 1.08 bits per heavy atom. The molecule has 0 aromatic heterocycles. The molecule has 4 nitrogen and oxygen atoms in total. The van der Waals surface area contributed by atoms with Crippen molar-refractivity contribution in [3.05, 3.63) is 55.6 Å². The predicted octanol–water partition coefficient (Wildman–Crippen LogP) is 5.21. The van der Waals surface area contributed by atoms with Crippen molar-refractivity contribution in [3.63, 3.8) is 0 Å². The maximum absolute atomic E-state index is 11.9. The molecule has 0 saturated heterocycles. The zero-order valence-corrected chi connectivity index (χ0v) is 17.2. The van der Waals surface area contributed by atoms with E-state index < -0.39 is 0 Å². The topological polar surface area (TPSA) is 44.8 Å². The molecule has 24 heavy (non-hydrogen) atoms. The van der Waals surface area contributed by atoms with Crippen LogP contribution in [0.3, 0.4) is 0 Å². The molecule has 0 aliphatic heterocycles. The van der Waals surface area contributed by atoms with E-state index in [9.17, 15) is 4.79 Å². The first kappa shape index (κ1) is 19.1. The Bertz CT molecular complexity index is 701. The van der Waals surface area contributed by atoms with Gasteiger partial charge in [-0.25, -0.2) is 4.79 Å². The lowest BCUT2D eigenvalue weighted by Gasteiger charge is -2.15. The van der Waals surface area contributed by atoms with E-state index in [1.54, 1.807) is 19.1 Å². The minimum atomic E-state index is -0.365. The van der Waals surface area contributed by atoms with Crippen LogP contribution in [0.25, 0.3) is 0 Å². The maximum atomic E-state index is 11.9. The zero-order chi connectivity index (χ0) is 17.5. The summed E-state index contributed by atoms with van der Waals surface area (Å²) >= 11 is 5.55. The summed E-state index contributed by atoms with van der Waals surface area (Å²) in [5, 5.41) is 0. The number of hydrogen-bond donors (Lipinski definition) is 0. The number of halogens is 2. The Hall–Kier alpha value is -1.28. The van der Waals surface area contributed by atoms with Crippen molar-refractivity contribution >= 4 is 44.5 Å². The Balaban J connectivity index is 2.24. The van der Waals surface area contributed by atoms with Crippen LogP contribution in [0.2, 0.25) is 0 Å². The van der Waals surface area contributed by atoms with Gasteiger partial charge in [-0.15, -0.1) is 0 Å². The molecule has 0 fully saturated rings. The van der Waals surface area contributed by atoms with Crippen LogP contribution in [0.1, 0.15) is 29.8 Å². The van der Waals surface area contributed by atoms with Crippen molar-refractivity contribution < 1.29 is 19.0 Å². The fraction of sp³-hybridized carbons (Fsp3) is 0.278. The van der Waals surface area contributed by atoms with Gasteiger partial charge in [0.1, 0.15) is 6.61 Å². The molecule has 0 bridgehead atoms. The van der Waals surface area contributed by atoms with E-state index >= 15 is 0 Å². The van der Waals surface area contributed by atoms with Crippen LogP contribution in [0.15, 0.2) is 40.9 Å². The molecule has 0 amide bonds. The van der Waals surface area contributed by atoms with Crippen molar-refractivity contribution in [2.45, 2.75) is 20.5 Å². The van der Waals surface area contributed by atoms with Gasteiger partial charge in [0.15, 0.2) is 11.5 Å². The summed E-state index contributed by atoms with van der Waals surface area (Å²) in [6, 6.07) is 11.3. The molecule has 0 N–H and O–H groups in total. The van der Waals surface area contributed by atoms with E-state index in [1.165, 1.54) is 0 Å². The number of rotatable bonds is 7. The van der Waals surface area contributed by atoms with E-state index in [1.807, 2.05) is 31.2 Å². The minimum absolute atomic E-state index is 0.335. The number of carbonyl (C=O) groups excluding carboxylic acids is 1. The second-order valence-corrected chi connectivity index (χ2v) is 6.93. The highest BCUT2D eigenvalue weighted by atomic mass is 127. The average molecular weight is 505 g/mol. The Morgan fingerprint density at radius 2 is 1.79 bits per heavy atom. The predicted molar refractivity (Wildman–Crippen MR) is 105 cm³/mol. The molecule has 6 heteroatoms. The third-order valence-electron chi connectivity index (χ3n) is 3.12. The highest BCUT2D eigenvalue weighted by Gasteiger charge is 2.17. The van der Waals surface area contributed by atoms with Crippen LogP contribution in [0.4, 0.5) is 0 Å². The minimum Gasteiger partial charge on any atom is -0.490 e. The molecular weight excluding hydrogens is 487 g/mol. The van der Waals surface area contributed by atoms with Gasteiger partial charge in [0.25, 0.3) is 0 Å². The largest absolute Gasteiger partial charge is 0.490 e. The SMILES string of the molecule is CCOC(=O)c1cc(I)c(OCc2ccc(Br)cc2)c(OCC)c1. The molecule has 0 atom stereocenters. The van der Waals surface area contributed by atoms with Crippen LogP contribution in [0.5, 0.6) is 11.5 Å². The summed E-state index contributed by atoms with van der Waals surface area (Å²) < 4.78 is 18.5. The highest BCUT2D eigenvalue weighted by molar-refractivity contribution is 14.1. The van der Waals surface area contributed by atoms with Crippen molar-refractivity contribution in [1.29, 1.82) is 0 Å². The van der Waals surface area contributed by atoms with E-state index in [4.69, 9.17) is 14.2 Å². The molecule has 0 aliphatic carbocycles. The molecule has 0 saturated carbocycles. The lowest BCUT2D eigenvalue weighted by Crippen LogP contribution is -2.08. The fourth-order valence-corrected chi connectivity index (χ4v) is 3.06. The molecule has 2 rings (SSSR count). The van der Waals surface area contributed by atoms with Crippen LogP contribution >= 0.6 is 38.5 Å². The van der Waals surface area contributed by atoms with Gasteiger partial charge in [-0.1, -0.05) is 28.1 Å². The molecular formula is C18H18BrIO4. The zero-order valence-electron chi connectivity index (χ0n) is 13.5. The Kier molecular flexibility index (Phi) is 7.36. The molecule has 0 heterocycles. The second-order valence-electron chi connectivity index (χ2n) is 4.85. The van der Waals surface area contributed by atoms with Crippen molar-refractivity contribution in [2.24, 2.45) is 0 Å². The molecule has 0 aliphatic rings. The van der Waals surface area contributed by atoms with Gasteiger partial charge in [-0.05, 0) is 66.3 Å². The number of ether oxygens (including phenoxy) is 3. The lowest BCUT2D eigenvalue weighted by atomic mass is 10.2. The van der Waals surface area contributed by atoms with Gasteiger partial charge in [-0.2, -0.15) is 0 Å². The fourth-order valence-electron chi connectivity index (χ4n) is 2.04. The number of hydrogen-bond acceptors (Lipinski definition) is 4. The van der Waals surface area contributed by atoms with E-state index in [0.717, 1.165) is 13.6 Å². The third-order valence-corrected chi connectivity index (χ3v) is 4.45. The first-order chi connectivity index (χ1) is 11.5. The second kappa shape index (κ2) is 9.27. The molecule has 0 spiro atoms. The summed E-state index contributed by atoms with van der Waals surface area (Å²) in [5.41, 5.74) is 1.51. The van der Waals surface area contributed by atoms with Gasteiger partial charge in [-0.3, -0.25) is 0 Å². The Labute approximate surface area is 163 Å². The van der Waals surface area contributed by atoms with Gasteiger partial charge in [0.2, 0.25) is 0 Å². The van der Waals surface area contributed by atoms with Gasteiger partial charge < -0.3 is 14.2 Å². The summed E-state index contributed by atoms with van der Waals surface area (Å²) in [6.07, 6.45) is 0. The summed E-state index contributed by atoms with van der Waals surface area (Å²) in [5.74, 6) is 0.814. The molecule has 0 radical (unpaired) electrons.